The zero-order valence-corrected chi connectivity index (χ0v) is 19.0. The van der Waals surface area contributed by atoms with Crippen LogP contribution in [0.2, 0.25) is 0 Å². The van der Waals surface area contributed by atoms with Gasteiger partial charge in [0.15, 0.2) is 12.4 Å². The first-order chi connectivity index (χ1) is 14.6. The number of unbranched alkanes of at least 4 members (excludes halogenated alkanes) is 12. The number of hydrogen-bond donors (Lipinski definition) is 1. The molecule has 1 aromatic heterocycles. The molecular formula is C25H43NO4. The van der Waals surface area contributed by atoms with E-state index in [9.17, 15) is 14.7 Å². The molecular weight excluding hydrogens is 378 g/mol. The number of hydrogen-bond acceptors (Lipinski definition) is 3. The van der Waals surface area contributed by atoms with Crippen molar-refractivity contribution in [3.8, 4) is 0 Å². The second-order valence-electron chi connectivity index (χ2n) is 7.98. The number of pyridine rings is 1. The van der Waals surface area contributed by atoms with Gasteiger partial charge in [-0.2, -0.15) is 0 Å². The molecule has 5 nitrogen and oxygen atoms in total. The van der Waals surface area contributed by atoms with Crippen molar-refractivity contribution in [3.63, 3.8) is 0 Å². The Balaban J connectivity index is 0.000000710. The van der Waals surface area contributed by atoms with Gasteiger partial charge in [-0.1, -0.05) is 77.2 Å². The Morgan fingerprint density at radius 1 is 0.700 bits per heavy atom. The number of rotatable bonds is 18. The SMILES string of the molecule is CCCCCCCCCCCCCC[n+]1ccccc1.O=C([O-])CCCCC(=O)O. The molecule has 0 amide bonds. The van der Waals surface area contributed by atoms with E-state index in [1.807, 2.05) is 0 Å². The molecule has 0 radical (unpaired) electrons. The third-order valence-electron chi connectivity index (χ3n) is 5.07. The first-order valence-electron chi connectivity index (χ1n) is 11.9. The molecule has 1 rings (SSSR count). The second-order valence-corrected chi connectivity index (χ2v) is 7.98. The predicted octanol–water partition coefficient (Wildman–Crippen LogP) is 5.06. The van der Waals surface area contributed by atoms with Crippen LogP contribution in [-0.4, -0.2) is 17.0 Å². The molecule has 5 heteroatoms. The minimum atomic E-state index is -1.12. The van der Waals surface area contributed by atoms with Crippen LogP contribution < -0.4 is 9.67 Å². The normalized spacial score (nSPS) is 10.3. The lowest BCUT2D eigenvalue weighted by atomic mass is 10.1. The highest BCUT2D eigenvalue weighted by Gasteiger charge is 1.98. The molecule has 1 heterocycles. The largest absolute Gasteiger partial charge is 0.550 e. The van der Waals surface area contributed by atoms with Gasteiger partial charge in [0.2, 0.25) is 0 Å². The molecule has 0 saturated heterocycles. The predicted molar refractivity (Wildman–Crippen MR) is 119 cm³/mol. The molecule has 0 spiro atoms. The highest BCUT2D eigenvalue weighted by molar-refractivity contribution is 5.67. The van der Waals surface area contributed by atoms with E-state index in [1.165, 1.54) is 83.6 Å². The van der Waals surface area contributed by atoms with Crippen LogP contribution in [0.4, 0.5) is 0 Å². The number of aromatic nitrogens is 1. The Hall–Kier alpha value is -1.91. The van der Waals surface area contributed by atoms with Crippen LogP contribution in [0.5, 0.6) is 0 Å². The highest BCUT2D eigenvalue weighted by Crippen LogP contribution is 2.11. The Morgan fingerprint density at radius 2 is 1.17 bits per heavy atom. The lowest BCUT2D eigenvalue weighted by Crippen LogP contribution is -2.32. The molecule has 0 fully saturated rings. The van der Waals surface area contributed by atoms with Crippen molar-refractivity contribution in [2.45, 2.75) is 116 Å². The Bertz CT molecular complexity index is 503. The van der Waals surface area contributed by atoms with E-state index in [0.717, 1.165) is 0 Å². The standard InChI is InChI=1S/C19H34N.C6H10O4/c1-2-3-4-5-6-7-8-9-10-11-12-14-17-20-18-15-13-16-19-20;7-5(8)3-1-2-4-6(9)10/h13,15-16,18-19H,2-12,14,17H2,1H3;1-4H2,(H,7,8)(H,9,10)/q+1;/p-1. The zero-order valence-electron chi connectivity index (χ0n) is 19.0. The Morgan fingerprint density at radius 3 is 1.63 bits per heavy atom. The van der Waals surface area contributed by atoms with Crippen LogP contribution in [0.25, 0.3) is 0 Å². The summed E-state index contributed by atoms with van der Waals surface area (Å²) in [5, 5.41) is 17.9. The fourth-order valence-electron chi connectivity index (χ4n) is 3.26. The Labute approximate surface area is 183 Å². The number of carbonyl (C=O) groups is 2. The van der Waals surface area contributed by atoms with Crippen molar-refractivity contribution in [2.75, 3.05) is 0 Å². The second kappa shape index (κ2) is 21.8. The quantitative estimate of drug-likeness (QED) is 0.265. The first-order valence-corrected chi connectivity index (χ1v) is 11.9. The van der Waals surface area contributed by atoms with E-state index in [2.05, 4.69) is 42.1 Å². The van der Waals surface area contributed by atoms with E-state index in [4.69, 9.17) is 5.11 Å². The third kappa shape index (κ3) is 22.4. The molecule has 1 aromatic rings. The number of aliphatic carboxylic acids is 2. The first kappa shape index (κ1) is 28.1. The van der Waals surface area contributed by atoms with E-state index >= 15 is 0 Å². The van der Waals surface area contributed by atoms with E-state index in [1.54, 1.807) is 0 Å². The summed E-state index contributed by atoms with van der Waals surface area (Å²) in [6, 6.07) is 6.31. The van der Waals surface area contributed by atoms with Gasteiger partial charge in [-0.25, -0.2) is 4.57 Å². The van der Waals surface area contributed by atoms with Gasteiger partial charge in [0.05, 0.1) is 0 Å². The molecule has 0 aliphatic heterocycles. The van der Waals surface area contributed by atoms with Crippen molar-refractivity contribution in [1.29, 1.82) is 0 Å². The average molecular weight is 422 g/mol. The van der Waals surface area contributed by atoms with Crippen molar-refractivity contribution in [1.82, 2.24) is 0 Å². The number of carbonyl (C=O) groups excluding carboxylic acids is 1. The highest BCUT2D eigenvalue weighted by atomic mass is 16.4. The summed E-state index contributed by atoms with van der Waals surface area (Å²) in [7, 11) is 0. The summed E-state index contributed by atoms with van der Waals surface area (Å²) >= 11 is 0. The summed E-state index contributed by atoms with van der Waals surface area (Å²) in [5.41, 5.74) is 0. The maximum atomic E-state index is 9.88. The number of carboxylic acids is 2. The summed E-state index contributed by atoms with van der Waals surface area (Å²) in [6.45, 7) is 3.47. The molecule has 0 saturated carbocycles. The van der Waals surface area contributed by atoms with E-state index < -0.39 is 11.9 Å². The molecule has 172 valence electrons. The van der Waals surface area contributed by atoms with Crippen molar-refractivity contribution in [3.05, 3.63) is 30.6 Å². The average Bonchev–Trinajstić information content (AvgIpc) is 2.73. The van der Waals surface area contributed by atoms with E-state index in [-0.39, 0.29) is 12.8 Å². The zero-order chi connectivity index (χ0) is 22.3. The fraction of sp³-hybridized carbons (Fsp3) is 0.720. The molecule has 0 aromatic carbocycles. The molecule has 0 bridgehead atoms. The van der Waals surface area contributed by atoms with Crippen molar-refractivity contribution in [2.24, 2.45) is 0 Å². The van der Waals surface area contributed by atoms with Gasteiger partial charge in [0.25, 0.3) is 0 Å². The summed E-state index contributed by atoms with van der Waals surface area (Å²) in [6.07, 6.45) is 22.2. The molecule has 0 unspecified atom stereocenters. The minimum absolute atomic E-state index is 0.0350. The van der Waals surface area contributed by atoms with Gasteiger partial charge in [0, 0.05) is 30.9 Å². The number of carboxylic acid groups (broad SMARTS) is 2. The molecule has 30 heavy (non-hydrogen) atoms. The summed E-state index contributed by atoms with van der Waals surface area (Å²) < 4.78 is 2.29. The summed E-state index contributed by atoms with van der Waals surface area (Å²) in [5.74, 6) is -2.01. The smallest absolute Gasteiger partial charge is 0.303 e. The number of nitrogens with zero attached hydrogens (tertiary/aromatic N) is 1. The monoisotopic (exact) mass is 421 g/mol. The van der Waals surface area contributed by atoms with Crippen LogP contribution in [0.15, 0.2) is 30.6 Å². The summed E-state index contributed by atoms with van der Waals surface area (Å²) in [4.78, 5) is 19.7. The lowest BCUT2D eigenvalue weighted by molar-refractivity contribution is -0.697. The molecule has 0 atom stereocenters. The van der Waals surface area contributed by atoms with Crippen LogP contribution in [-0.2, 0) is 16.1 Å². The van der Waals surface area contributed by atoms with Crippen LogP contribution in [0, 0.1) is 0 Å². The topological polar surface area (TPSA) is 81.3 Å². The number of aryl methyl sites for hydroxylation is 1. The molecule has 0 aliphatic carbocycles. The van der Waals surface area contributed by atoms with Crippen LogP contribution >= 0.6 is 0 Å². The maximum Gasteiger partial charge on any atom is 0.303 e. The van der Waals surface area contributed by atoms with Crippen LogP contribution in [0.3, 0.4) is 0 Å². The molecule has 0 aliphatic rings. The Kier molecular flexibility index (Phi) is 20.4. The van der Waals surface area contributed by atoms with Gasteiger partial charge >= 0.3 is 5.97 Å². The van der Waals surface area contributed by atoms with Gasteiger partial charge in [-0.3, -0.25) is 4.79 Å². The lowest BCUT2D eigenvalue weighted by Gasteiger charge is -2.02. The van der Waals surface area contributed by atoms with E-state index in [0.29, 0.717) is 12.8 Å². The third-order valence-corrected chi connectivity index (χ3v) is 5.07. The maximum absolute atomic E-state index is 9.88. The van der Waals surface area contributed by atoms with Gasteiger partial charge < -0.3 is 15.0 Å². The minimum Gasteiger partial charge on any atom is -0.550 e. The van der Waals surface area contributed by atoms with Crippen LogP contribution in [0.1, 0.15) is 110 Å². The molecule has 1 N–H and O–H groups in total. The van der Waals surface area contributed by atoms with Crippen molar-refractivity contribution >= 4 is 11.9 Å². The fourth-order valence-corrected chi connectivity index (χ4v) is 3.26. The van der Waals surface area contributed by atoms with Gasteiger partial charge in [0.1, 0.15) is 6.54 Å². The van der Waals surface area contributed by atoms with Gasteiger partial charge in [-0.15, -0.1) is 0 Å². The van der Waals surface area contributed by atoms with Gasteiger partial charge in [-0.05, 0) is 25.7 Å². The van der Waals surface area contributed by atoms with Crippen molar-refractivity contribution < 1.29 is 24.4 Å².